The second-order valence-corrected chi connectivity index (χ2v) is 7.65. The van der Waals surface area contributed by atoms with E-state index in [0.29, 0.717) is 19.6 Å². The molecule has 3 atom stereocenters. The van der Waals surface area contributed by atoms with Gasteiger partial charge >= 0.3 is 0 Å². The van der Waals surface area contributed by atoms with Gasteiger partial charge < -0.3 is 9.47 Å². The molecular formula is C15H20FNO4S. The fourth-order valence-electron chi connectivity index (χ4n) is 3.31. The normalized spacial score (nSPS) is 29.5. The van der Waals surface area contributed by atoms with E-state index in [0.717, 1.165) is 12.8 Å². The molecule has 0 aliphatic carbocycles. The molecule has 5 nitrogen and oxygen atoms in total. The van der Waals surface area contributed by atoms with Crippen LogP contribution in [0.25, 0.3) is 0 Å². The van der Waals surface area contributed by atoms with E-state index in [2.05, 4.69) is 0 Å². The first-order chi connectivity index (χ1) is 10.5. The molecule has 1 aromatic carbocycles. The fourth-order valence-corrected chi connectivity index (χ4v) is 5.00. The van der Waals surface area contributed by atoms with Gasteiger partial charge in [-0.1, -0.05) is 0 Å². The first-order valence-electron chi connectivity index (χ1n) is 7.44. The van der Waals surface area contributed by atoms with E-state index in [-0.39, 0.29) is 23.1 Å². The van der Waals surface area contributed by atoms with E-state index in [4.69, 9.17) is 9.47 Å². The molecule has 0 saturated carbocycles. The number of hydrogen-bond acceptors (Lipinski definition) is 4. The summed E-state index contributed by atoms with van der Waals surface area (Å²) in [4.78, 5) is 0.133. The second kappa shape index (κ2) is 6.23. The zero-order chi connectivity index (χ0) is 15.7. The van der Waals surface area contributed by atoms with Crippen LogP contribution in [0.2, 0.25) is 0 Å². The van der Waals surface area contributed by atoms with Crippen LogP contribution in [0.5, 0.6) is 0 Å². The highest BCUT2D eigenvalue weighted by atomic mass is 32.2. The van der Waals surface area contributed by atoms with Gasteiger partial charge in [-0.05, 0) is 43.5 Å². The number of ether oxygens (including phenoxy) is 2. The molecule has 7 heteroatoms. The molecule has 2 saturated heterocycles. The molecule has 1 aromatic rings. The van der Waals surface area contributed by atoms with E-state index in [1.807, 2.05) is 0 Å². The molecule has 0 radical (unpaired) electrons. The Balaban J connectivity index is 1.77. The summed E-state index contributed by atoms with van der Waals surface area (Å²) in [5, 5.41) is 0. The second-order valence-electron chi connectivity index (χ2n) is 5.75. The first-order valence-corrected chi connectivity index (χ1v) is 8.88. The van der Waals surface area contributed by atoms with Crippen LogP contribution in [0.4, 0.5) is 4.39 Å². The Hall–Kier alpha value is -1.02. The molecule has 3 rings (SSSR count). The van der Waals surface area contributed by atoms with Crippen LogP contribution >= 0.6 is 0 Å². The Morgan fingerprint density at radius 3 is 2.68 bits per heavy atom. The highest BCUT2D eigenvalue weighted by Gasteiger charge is 2.45. The molecule has 2 aliphatic heterocycles. The summed E-state index contributed by atoms with van der Waals surface area (Å²) in [6.45, 7) is 0.975. The maximum Gasteiger partial charge on any atom is 0.243 e. The van der Waals surface area contributed by atoms with E-state index in [1.165, 1.54) is 28.6 Å². The Morgan fingerprint density at radius 1 is 1.27 bits per heavy atom. The van der Waals surface area contributed by atoms with Crippen LogP contribution in [-0.4, -0.2) is 51.2 Å². The Morgan fingerprint density at radius 2 is 2.00 bits per heavy atom. The largest absolute Gasteiger partial charge is 0.382 e. The van der Waals surface area contributed by atoms with E-state index in [9.17, 15) is 12.8 Å². The molecule has 22 heavy (non-hydrogen) atoms. The highest BCUT2D eigenvalue weighted by molar-refractivity contribution is 7.89. The lowest BCUT2D eigenvalue weighted by Crippen LogP contribution is -2.45. The van der Waals surface area contributed by atoms with Crippen molar-refractivity contribution in [3.63, 3.8) is 0 Å². The average Bonchev–Trinajstić information content (AvgIpc) is 2.92. The van der Waals surface area contributed by atoms with Gasteiger partial charge in [0.2, 0.25) is 10.0 Å². The van der Waals surface area contributed by atoms with E-state index >= 15 is 0 Å². The minimum absolute atomic E-state index is 0.0414. The monoisotopic (exact) mass is 329 g/mol. The number of hydrogen-bond donors (Lipinski definition) is 0. The molecule has 122 valence electrons. The molecule has 0 N–H and O–H groups in total. The average molecular weight is 329 g/mol. The lowest BCUT2D eigenvalue weighted by Gasteiger charge is -2.35. The zero-order valence-corrected chi connectivity index (χ0v) is 13.3. The molecule has 0 amide bonds. The summed E-state index contributed by atoms with van der Waals surface area (Å²) < 4.78 is 51.0. The van der Waals surface area contributed by atoms with Crippen molar-refractivity contribution in [3.8, 4) is 0 Å². The van der Waals surface area contributed by atoms with Crippen LogP contribution in [0.15, 0.2) is 29.2 Å². The van der Waals surface area contributed by atoms with Gasteiger partial charge in [0.25, 0.3) is 0 Å². The maximum atomic E-state index is 13.0. The molecule has 0 aromatic heterocycles. The van der Waals surface area contributed by atoms with Crippen LogP contribution in [0.1, 0.15) is 19.3 Å². The Labute approximate surface area is 130 Å². The summed E-state index contributed by atoms with van der Waals surface area (Å²) in [7, 11) is -1.97. The molecule has 2 fully saturated rings. The van der Waals surface area contributed by atoms with Crippen LogP contribution in [0, 0.1) is 5.82 Å². The van der Waals surface area contributed by atoms with Crippen molar-refractivity contribution < 1.29 is 22.3 Å². The standard InChI is InChI=1S/C15H20FNO4S/c1-20-10-12-4-7-14-15(21-12)8-9-17(14)22(18,19)13-5-2-11(16)3-6-13/h2-3,5-6,12,14-15H,4,7-10H2,1H3/t12-,14+,15+/m1/s1. The van der Waals surface area contributed by atoms with Crippen molar-refractivity contribution in [2.45, 2.75) is 42.4 Å². The zero-order valence-electron chi connectivity index (χ0n) is 12.4. The van der Waals surface area contributed by atoms with Crippen molar-refractivity contribution in [1.29, 1.82) is 0 Å². The smallest absolute Gasteiger partial charge is 0.243 e. The predicted molar refractivity (Wildman–Crippen MR) is 78.5 cm³/mol. The van der Waals surface area contributed by atoms with Gasteiger partial charge in [0.05, 0.1) is 29.8 Å². The third kappa shape index (κ3) is 2.90. The molecule has 0 bridgehead atoms. The molecule has 2 aliphatic rings. The number of methoxy groups -OCH3 is 1. The Bertz CT molecular complexity index is 619. The minimum atomic E-state index is -3.60. The van der Waals surface area contributed by atoms with Gasteiger partial charge in [0, 0.05) is 13.7 Å². The van der Waals surface area contributed by atoms with Gasteiger partial charge in [0.15, 0.2) is 0 Å². The topological polar surface area (TPSA) is 55.8 Å². The fraction of sp³-hybridized carbons (Fsp3) is 0.600. The van der Waals surface area contributed by atoms with E-state index in [1.54, 1.807) is 7.11 Å². The van der Waals surface area contributed by atoms with Gasteiger partial charge in [-0.2, -0.15) is 4.31 Å². The van der Waals surface area contributed by atoms with Crippen molar-refractivity contribution in [2.75, 3.05) is 20.3 Å². The van der Waals surface area contributed by atoms with Crippen LogP contribution in [-0.2, 0) is 19.5 Å². The van der Waals surface area contributed by atoms with Crippen molar-refractivity contribution in [2.24, 2.45) is 0 Å². The number of benzene rings is 1. The predicted octanol–water partition coefficient (Wildman–Crippen LogP) is 1.78. The van der Waals surface area contributed by atoms with Gasteiger partial charge in [-0.25, -0.2) is 12.8 Å². The molecule has 0 spiro atoms. The number of fused-ring (bicyclic) bond motifs is 1. The summed E-state index contributed by atoms with van der Waals surface area (Å²) in [6, 6.07) is 4.84. The highest BCUT2D eigenvalue weighted by Crippen LogP contribution is 2.35. The number of halogens is 1. The summed E-state index contributed by atoms with van der Waals surface area (Å²) in [5.41, 5.74) is 0. The summed E-state index contributed by atoms with van der Waals surface area (Å²) in [6.07, 6.45) is 2.19. The van der Waals surface area contributed by atoms with Crippen molar-refractivity contribution >= 4 is 10.0 Å². The Kier molecular flexibility index (Phi) is 4.49. The molecule has 0 unspecified atom stereocenters. The molecular weight excluding hydrogens is 309 g/mol. The van der Waals surface area contributed by atoms with Crippen LogP contribution < -0.4 is 0 Å². The first kappa shape index (κ1) is 15.9. The SMILES string of the molecule is COC[C@H]1CC[C@H]2[C@H](CCN2S(=O)(=O)c2ccc(F)cc2)O1. The van der Waals surface area contributed by atoms with Crippen molar-refractivity contribution in [3.05, 3.63) is 30.1 Å². The third-order valence-corrected chi connectivity index (χ3v) is 6.30. The molecule has 2 heterocycles. The van der Waals surface area contributed by atoms with Gasteiger partial charge in [0.1, 0.15) is 5.82 Å². The summed E-state index contributed by atoms with van der Waals surface area (Å²) in [5.74, 6) is -0.443. The van der Waals surface area contributed by atoms with E-state index < -0.39 is 15.8 Å². The number of sulfonamides is 1. The lowest BCUT2D eigenvalue weighted by atomic mass is 10.0. The minimum Gasteiger partial charge on any atom is -0.382 e. The third-order valence-electron chi connectivity index (χ3n) is 4.36. The lowest BCUT2D eigenvalue weighted by molar-refractivity contribution is -0.0872. The number of rotatable bonds is 4. The van der Waals surface area contributed by atoms with Gasteiger partial charge in [-0.15, -0.1) is 0 Å². The quantitative estimate of drug-likeness (QED) is 0.845. The van der Waals surface area contributed by atoms with Crippen LogP contribution in [0.3, 0.4) is 0 Å². The maximum absolute atomic E-state index is 13.0. The number of nitrogens with zero attached hydrogens (tertiary/aromatic N) is 1. The van der Waals surface area contributed by atoms with Crippen molar-refractivity contribution in [1.82, 2.24) is 4.31 Å². The van der Waals surface area contributed by atoms with Gasteiger partial charge in [-0.3, -0.25) is 0 Å². The summed E-state index contributed by atoms with van der Waals surface area (Å²) >= 11 is 0.